The summed E-state index contributed by atoms with van der Waals surface area (Å²) in [5, 5.41) is 10.0. The Morgan fingerprint density at radius 1 is 1.28 bits per heavy atom. The predicted molar refractivity (Wildman–Crippen MR) is 71.2 cm³/mol. The van der Waals surface area contributed by atoms with Crippen LogP contribution in [0.15, 0.2) is 53.2 Å². The largest absolute Gasteiger partial charge is 0.464 e. The van der Waals surface area contributed by atoms with E-state index in [1.54, 1.807) is 6.26 Å². The van der Waals surface area contributed by atoms with Gasteiger partial charge >= 0.3 is 0 Å². The molecular formula is C16H13NO. The van der Waals surface area contributed by atoms with Crippen LogP contribution in [0.4, 0.5) is 0 Å². The van der Waals surface area contributed by atoms with E-state index in [-0.39, 0.29) is 5.41 Å². The Bertz CT molecular complexity index is 699. The van der Waals surface area contributed by atoms with Crippen LogP contribution in [0, 0.1) is 11.3 Å². The van der Waals surface area contributed by atoms with Crippen LogP contribution in [0.3, 0.4) is 0 Å². The second-order valence-electron chi connectivity index (χ2n) is 4.84. The van der Waals surface area contributed by atoms with Gasteiger partial charge in [-0.05, 0) is 18.6 Å². The third-order valence-corrected chi connectivity index (χ3v) is 3.61. The van der Waals surface area contributed by atoms with Crippen molar-refractivity contribution in [2.45, 2.75) is 18.8 Å². The molecule has 0 bridgehead atoms. The van der Waals surface area contributed by atoms with Crippen LogP contribution in [0.5, 0.6) is 0 Å². The number of fused-ring (bicyclic) bond motifs is 1. The van der Waals surface area contributed by atoms with Crippen molar-refractivity contribution in [2.75, 3.05) is 0 Å². The van der Waals surface area contributed by atoms with Crippen molar-refractivity contribution < 1.29 is 4.42 Å². The third kappa shape index (κ3) is 1.48. The molecule has 1 aromatic carbocycles. The molecule has 18 heavy (non-hydrogen) atoms. The van der Waals surface area contributed by atoms with E-state index in [2.05, 4.69) is 37.3 Å². The average molecular weight is 235 g/mol. The molecule has 2 aromatic rings. The minimum atomic E-state index is -0.0567. The van der Waals surface area contributed by atoms with Gasteiger partial charge in [-0.1, -0.05) is 37.3 Å². The second-order valence-corrected chi connectivity index (χ2v) is 4.84. The second kappa shape index (κ2) is 3.89. The summed E-state index contributed by atoms with van der Waals surface area (Å²) < 4.78 is 5.60. The van der Waals surface area contributed by atoms with Gasteiger partial charge in [-0.15, -0.1) is 0 Å². The topological polar surface area (TPSA) is 36.9 Å². The molecule has 1 atom stereocenters. The molecule has 0 amide bonds. The van der Waals surface area contributed by atoms with Crippen molar-refractivity contribution in [3.63, 3.8) is 0 Å². The Morgan fingerprint density at radius 3 is 2.89 bits per heavy atom. The molecule has 2 heteroatoms. The molecular weight excluding hydrogens is 222 g/mol. The van der Waals surface area contributed by atoms with Crippen LogP contribution < -0.4 is 0 Å². The summed E-state index contributed by atoms with van der Waals surface area (Å²) >= 11 is 0. The summed E-state index contributed by atoms with van der Waals surface area (Å²) in [5.41, 5.74) is 2.58. The van der Waals surface area contributed by atoms with E-state index in [1.807, 2.05) is 18.2 Å². The van der Waals surface area contributed by atoms with E-state index < -0.39 is 0 Å². The fourth-order valence-corrected chi connectivity index (χ4v) is 2.54. The molecule has 1 unspecified atom stereocenters. The Hall–Kier alpha value is -2.27. The molecule has 1 aromatic heterocycles. The van der Waals surface area contributed by atoms with Gasteiger partial charge in [0.25, 0.3) is 0 Å². The van der Waals surface area contributed by atoms with E-state index in [4.69, 9.17) is 9.68 Å². The van der Waals surface area contributed by atoms with Crippen LogP contribution in [0.25, 0.3) is 11.0 Å². The lowest BCUT2D eigenvalue weighted by atomic mass is 9.76. The van der Waals surface area contributed by atoms with Crippen molar-refractivity contribution in [3.05, 3.63) is 59.9 Å². The molecule has 0 saturated heterocycles. The summed E-state index contributed by atoms with van der Waals surface area (Å²) in [6.45, 7) is 2.19. The summed E-state index contributed by atoms with van der Waals surface area (Å²) in [6.07, 6.45) is 11.1. The summed E-state index contributed by atoms with van der Waals surface area (Å²) in [4.78, 5) is 0. The number of benzene rings is 1. The lowest BCUT2D eigenvalue weighted by Gasteiger charge is -2.27. The fraction of sp³-hybridized carbons (Fsp3) is 0.188. The van der Waals surface area contributed by atoms with Gasteiger partial charge in [0.15, 0.2) is 0 Å². The lowest BCUT2D eigenvalue weighted by molar-refractivity contribution is 0.565. The fourth-order valence-electron chi connectivity index (χ4n) is 2.54. The molecule has 0 fully saturated rings. The Kier molecular flexibility index (Phi) is 2.34. The number of furan rings is 1. The minimum absolute atomic E-state index is 0.0567. The van der Waals surface area contributed by atoms with Gasteiger partial charge in [-0.25, -0.2) is 0 Å². The molecule has 1 heterocycles. The first kappa shape index (κ1) is 10.9. The molecule has 88 valence electrons. The molecule has 0 radical (unpaired) electrons. The molecule has 0 N–H and O–H groups in total. The minimum Gasteiger partial charge on any atom is -0.464 e. The van der Waals surface area contributed by atoms with Crippen molar-refractivity contribution in [2.24, 2.45) is 0 Å². The van der Waals surface area contributed by atoms with Crippen LogP contribution in [-0.4, -0.2) is 0 Å². The Balaban J connectivity index is 2.25. The Morgan fingerprint density at radius 2 is 2.17 bits per heavy atom. The number of rotatable bonds is 1. The summed E-state index contributed by atoms with van der Waals surface area (Å²) in [5.74, 6) is 0. The molecule has 1 aliphatic rings. The average Bonchev–Trinajstić information content (AvgIpc) is 2.87. The van der Waals surface area contributed by atoms with Gasteiger partial charge in [0, 0.05) is 16.4 Å². The molecule has 0 spiro atoms. The maximum atomic E-state index is 9.10. The maximum absolute atomic E-state index is 9.10. The summed E-state index contributed by atoms with van der Waals surface area (Å²) in [6, 6.07) is 7.96. The zero-order chi connectivity index (χ0) is 12.6. The number of hydrogen-bond donors (Lipinski definition) is 0. The first-order chi connectivity index (χ1) is 8.74. The monoisotopic (exact) mass is 235 g/mol. The van der Waals surface area contributed by atoms with E-state index >= 15 is 0 Å². The van der Waals surface area contributed by atoms with Crippen LogP contribution in [0.2, 0.25) is 0 Å². The van der Waals surface area contributed by atoms with E-state index in [1.165, 1.54) is 0 Å². The molecule has 2 nitrogen and oxygen atoms in total. The van der Waals surface area contributed by atoms with E-state index in [0.717, 1.165) is 23.0 Å². The highest BCUT2D eigenvalue weighted by atomic mass is 16.3. The zero-order valence-corrected chi connectivity index (χ0v) is 10.2. The quantitative estimate of drug-likeness (QED) is 0.746. The van der Waals surface area contributed by atoms with E-state index in [0.29, 0.717) is 5.56 Å². The normalized spacial score (nSPS) is 22.2. The van der Waals surface area contributed by atoms with Crippen LogP contribution >= 0.6 is 0 Å². The highest BCUT2D eigenvalue weighted by Gasteiger charge is 2.27. The molecule has 0 saturated carbocycles. The van der Waals surface area contributed by atoms with Gasteiger partial charge in [-0.3, -0.25) is 0 Å². The molecule has 0 aliphatic heterocycles. The van der Waals surface area contributed by atoms with Gasteiger partial charge in [-0.2, -0.15) is 5.26 Å². The smallest absolute Gasteiger partial charge is 0.139 e. The molecule has 3 rings (SSSR count). The number of allylic oxidation sites excluding steroid dienone is 4. The SMILES string of the molecule is CC1(c2ccc(C#N)c3ccoc23)C=CC=CC1. The van der Waals surface area contributed by atoms with Crippen molar-refractivity contribution in [1.82, 2.24) is 0 Å². The Labute approximate surface area is 106 Å². The van der Waals surface area contributed by atoms with Gasteiger partial charge in [0.2, 0.25) is 0 Å². The van der Waals surface area contributed by atoms with Crippen molar-refractivity contribution >= 4 is 11.0 Å². The third-order valence-electron chi connectivity index (χ3n) is 3.61. The van der Waals surface area contributed by atoms with Crippen molar-refractivity contribution in [1.29, 1.82) is 5.26 Å². The maximum Gasteiger partial charge on any atom is 0.139 e. The van der Waals surface area contributed by atoms with Crippen molar-refractivity contribution in [3.8, 4) is 6.07 Å². The highest BCUT2D eigenvalue weighted by Crippen LogP contribution is 2.37. The number of nitrogens with zero attached hydrogens (tertiary/aromatic N) is 1. The first-order valence-corrected chi connectivity index (χ1v) is 6.00. The van der Waals surface area contributed by atoms with Gasteiger partial charge in [0.05, 0.1) is 17.9 Å². The van der Waals surface area contributed by atoms with Gasteiger partial charge < -0.3 is 4.42 Å². The van der Waals surface area contributed by atoms with Crippen LogP contribution in [-0.2, 0) is 5.41 Å². The molecule has 1 aliphatic carbocycles. The highest BCUT2D eigenvalue weighted by molar-refractivity contribution is 5.87. The first-order valence-electron chi connectivity index (χ1n) is 6.00. The lowest BCUT2D eigenvalue weighted by Crippen LogP contribution is -2.19. The number of hydrogen-bond acceptors (Lipinski definition) is 2. The zero-order valence-electron chi connectivity index (χ0n) is 10.2. The van der Waals surface area contributed by atoms with Gasteiger partial charge in [0.1, 0.15) is 5.58 Å². The van der Waals surface area contributed by atoms with E-state index in [9.17, 15) is 0 Å². The van der Waals surface area contributed by atoms with Crippen LogP contribution in [0.1, 0.15) is 24.5 Å². The summed E-state index contributed by atoms with van der Waals surface area (Å²) in [7, 11) is 0. The standard InChI is InChI=1S/C16H13NO/c1-16(8-3-2-4-9-16)14-6-5-12(11-17)13-7-10-18-15(13)14/h2-8,10H,9H2,1H3. The predicted octanol–water partition coefficient (Wildman–Crippen LogP) is 4.08. The number of nitriles is 1.